The topological polar surface area (TPSA) is 75.3 Å². The summed E-state index contributed by atoms with van der Waals surface area (Å²) < 4.78 is 92.2. The summed E-state index contributed by atoms with van der Waals surface area (Å²) in [5, 5.41) is 2.52. The minimum Gasteiger partial charge on any atom is -0.346 e. The predicted octanol–water partition coefficient (Wildman–Crippen LogP) is 5.37. The molecule has 2 N–H and O–H groups in total. The molecule has 2 aromatic carbocycles. The molecule has 0 heterocycles. The molecule has 0 aliphatic carbocycles. The predicted molar refractivity (Wildman–Crippen MR) is 121 cm³/mol. The number of carbonyl (C=O) groups is 1. The van der Waals surface area contributed by atoms with Crippen LogP contribution in [0.2, 0.25) is 0 Å². The van der Waals surface area contributed by atoms with Crippen molar-refractivity contribution >= 4 is 27.7 Å². The van der Waals surface area contributed by atoms with E-state index >= 15 is 0 Å². The molecular weight excluding hydrogens is 479 g/mol. The Morgan fingerprint density at radius 2 is 1.53 bits per heavy atom. The van der Waals surface area contributed by atoms with Crippen LogP contribution >= 0.6 is 0 Å². The van der Waals surface area contributed by atoms with Crippen LogP contribution in [0.15, 0.2) is 30.3 Å². The van der Waals surface area contributed by atoms with Crippen molar-refractivity contribution < 1.29 is 35.2 Å². The Hall–Kier alpha value is -2.95. The molecule has 1 amide bonds. The molecular formula is C23H25F5N2O3S. The zero-order valence-corrected chi connectivity index (χ0v) is 19.8. The highest BCUT2D eigenvalue weighted by Crippen LogP contribution is 2.33. The van der Waals surface area contributed by atoms with Gasteiger partial charge >= 0.3 is 6.18 Å². The summed E-state index contributed by atoms with van der Waals surface area (Å²) in [4.78, 5) is 12.4. The first-order chi connectivity index (χ1) is 15.7. The van der Waals surface area contributed by atoms with E-state index in [-0.39, 0.29) is 5.56 Å². The molecule has 11 heteroatoms. The normalized spacial score (nSPS) is 13.2. The van der Waals surface area contributed by atoms with Gasteiger partial charge in [0.05, 0.1) is 17.9 Å². The van der Waals surface area contributed by atoms with Crippen molar-refractivity contribution in [2.75, 3.05) is 11.0 Å². The zero-order chi connectivity index (χ0) is 25.8. The highest BCUT2D eigenvalue weighted by molar-refractivity contribution is 7.92. The molecule has 0 aliphatic heterocycles. The fraction of sp³-hybridized carbons (Fsp3) is 0.348. The molecule has 5 nitrogen and oxygen atoms in total. The maximum Gasteiger partial charge on any atom is 0.416 e. The van der Waals surface area contributed by atoms with Gasteiger partial charge in [-0.2, -0.15) is 13.2 Å². The van der Waals surface area contributed by atoms with Gasteiger partial charge in [0, 0.05) is 6.08 Å². The first-order valence-electron chi connectivity index (χ1n) is 10.3. The number of aryl methyl sites for hydroxylation is 2. The van der Waals surface area contributed by atoms with E-state index in [1.807, 2.05) is 0 Å². The second-order valence-corrected chi connectivity index (χ2v) is 9.46. The lowest BCUT2D eigenvalue weighted by atomic mass is 9.94. The standard InChI is InChI=1S/C23H25F5N2O3S/c1-5-14-9-17(23(26,27)28)10-15(6-2)18(14)7-8-21(31)29-13(3)16-11-19(24)22(20(25)12-16)30-34(4,32)33/h7-13,30H,5-6H2,1-4H3,(H,29,31)/b8-7+/t13-/m1/s1. The first kappa shape index (κ1) is 27.3. The van der Waals surface area contributed by atoms with Crippen LogP contribution in [0, 0.1) is 11.6 Å². The number of rotatable bonds is 8. The van der Waals surface area contributed by atoms with Crippen molar-refractivity contribution in [3.05, 3.63) is 69.8 Å². The van der Waals surface area contributed by atoms with Crippen molar-refractivity contribution in [2.24, 2.45) is 0 Å². The van der Waals surface area contributed by atoms with Gasteiger partial charge < -0.3 is 5.32 Å². The number of hydrogen-bond acceptors (Lipinski definition) is 3. The van der Waals surface area contributed by atoms with E-state index in [1.54, 1.807) is 18.6 Å². The van der Waals surface area contributed by atoms with Gasteiger partial charge in [0.15, 0.2) is 11.6 Å². The molecule has 1 atom stereocenters. The van der Waals surface area contributed by atoms with E-state index in [0.29, 0.717) is 29.5 Å². The number of anilines is 1. The number of halogens is 5. The van der Waals surface area contributed by atoms with Gasteiger partial charge in [-0.15, -0.1) is 0 Å². The van der Waals surface area contributed by atoms with Crippen LogP contribution in [-0.4, -0.2) is 20.6 Å². The van der Waals surface area contributed by atoms with Crippen LogP contribution in [0.4, 0.5) is 27.6 Å². The number of carbonyl (C=O) groups excluding carboxylic acids is 1. The quantitative estimate of drug-likeness (QED) is 0.375. The molecule has 0 unspecified atom stereocenters. The zero-order valence-electron chi connectivity index (χ0n) is 19.0. The van der Waals surface area contributed by atoms with Crippen LogP contribution in [0.5, 0.6) is 0 Å². The van der Waals surface area contributed by atoms with Gasteiger partial charge in [0.2, 0.25) is 15.9 Å². The third-order valence-corrected chi connectivity index (χ3v) is 5.63. The van der Waals surface area contributed by atoms with Crippen LogP contribution in [-0.2, 0) is 33.8 Å². The largest absolute Gasteiger partial charge is 0.416 e. The molecule has 2 rings (SSSR count). The molecule has 2 aromatic rings. The molecule has 0 aromatic heterocycles. The smallest absolute Gasteiger partial charge is 0.346 e. The maximum absolute atomic E-state index is 14.2. The summed E-state index contributed by atoms with van der Waals surface area (Å²) in [6.07, 6.45) is -0.536. The number of nitrogens with one attached hydrogen (secondary N) is 2. The number of sulfonamides is 1. The Morgan fingerprint density at radius 3 is 1.94 bits per heavy atom. The fourth-order valence-corrected chi connectivity index (χ4v) is 3.94. The summed E-state index contributed by atoms with van der Waals surface area (Å²) >= 11 is 0. The summed E-state index contributed by atoms with van der Waals surface area (Å²) in [6, 6.07) is 3.04. The molecule has 0 saturated heterocycles. The minimum atomic E-state index is -4.49. The van der Waals surface area contributed by atoms with E-state index in [1.165, 1.54) is 13.0 Å². The highest BCUT2D eigenvalue weighted by atomic mass is 32.2. The Kier molecular flexibility index (Phi) is 8.46. The molecule has 0 saturated carbocycles. The van der Waals surface area contributed by atoms with Gasteiger partial charge in [-0.25, -0.2) is 17.2 Å². The van der Waals surface area contributed by atoms with Crippen molar-refractivity contribution in [3.8, 4) is 0 Å². The fourth-order valence-electron chi connectivity index (χ4n) is 3.37. The van der Waals surface area contributed by atoms with Crippen molar-refractivity contribution in [1.82, 2.24) is 5.32 Å². The second-order valence-electron chi connectivity index (χ2n) is 7.71. The Balaban J connectivity index is 2.25. The summed E-state index contributed by atoms with van der Waals surface area (Å²) in [5.41, 5.74) is -0.160. The van der Waals surface area contributed by atoms with Crippen molar-refractivity contribution in [3.63, 3.8) is 0 Å². The van der Waals surface area contributed by atoms with Gasteiger partial charge in [0.1, 0.15) is 5.69 Å². The van der Waals surface area contributed by atoms with Crippen LogP contribution in [0.3, 0.4) is 0 Å². The summed E-state index contributed by atoms with van der Waals surface area (Å²) in [7, 11) is -3.90. The Labute approximate surface area is 195 Å². The monoisotopic (exact) mass is 504 g/mol. The third-order valence-electron chi connectivity index (χ3n) is 5.05. The van der Waals surface area contributed by atoms with E-state index in [4.69, 9.17) is 0 Å². The minimum absolute atomic E-state index is 0.0498. The molecule has 0 fully saturated rings. The summed E-state index contributed by atoms with van der Waals surface area (Å²) in [5.74, 6) is -2.93. The van der Waals surface area contributed by atoms with E-state index < -0.39 is 51.0 Å². The maximum atomic E-state index is 14.2. The van der Waals surface area contributed by atoms with E-state index in [2.05, 4.69) is 5.32 Å². The molecule has 34 heavy (non-hydrogen) atoms. The lowest BCUT2D eigenvalue weighted by Gasteiger charge is -2.16. The highest BCUT2D eigenvalue weighted by Gasteiger charge is 2.31. The lowest BCUT2D eigenvalue weighted by molar-refractivity contribution is -0.137. The van der Waals surface area contributed by atoms with E-state index in [9.17, 15) is 35.2 Å². The Morgan fingerprint density at radius 1 is 1.03 bits per heavy atom. The molecule has 0 spiro atoms. The lowest BCUT2D eigenvalue weighted by Crippen LogP contribution is -2.25. The average Bonchev–Trinajstić information content (AvgIpc) is 2.72. The second kappa shape index (κ2) is 10.5. The number of hydrogen-bond donors (Lipinski definition) is 2. The van der Waals surface area contributed by atoms with Gasteiger partial charge in [0.25, 0.3) is 0 Å². The molecule has 0 radical (unpaired) electrons. The molecule has 0 aliphatic rings. The third kappa shape index (κ3) is 7.02. The van der Waals surface area contributed by atoms with Gasteiger partial charge in [-0.05, 0) is 72.4 Å². The molecule has 0 bridgehead atoms. The Bertz CT molecular complexity index is 1160. The number of benzene rings is 2. The van der Waals surface area contributed by atoms with E-state index in [0.717, 1.165) is 36.6 Å². The summed E-state index contributed by atoms with van der Waals surface area (Å²) in [6.45, 7) is 4.89. The molecule has 186 valence electrons. The average molecular weight is 505 g/mol. The van der Waals surface area contributed by atoms with Crippen LogP contribution < -0.4 is 10.0 Å². The number of alkyl halides is 3. The first-order valence-corrected chi connectivity index (χ1v) is 12.2. The van der Waals surface area contributed by atoms with Gasteiger partial charge in [-0.3, -0.25) is 9.52 Å². The van der Waals surface area contributed by atoms with Crippen molar-refractivity contribution in [2.45, 2.75) is 45.8 Å². The SMILES string of the molecule is CCc1cc(C(F)(F)F)cc(CC)c1/C=C/C(=O)N[C@H](C)c1cc(F)c(NS(C)(=O)=O)c(F)c1. The van der Waals surface area contributed by atoms with Crippen LogP contribution in [0.1, 0.15) is 54.6 Å². The van der Waals surface area contributed by atoms with Crippen molar-refractivity contribution in [1.29, 1.82) is 0 Å². The van der Waals surface area contributed by atoms with Crippen LogP contribution in [0.25, 0.3) is 6.08 Å². The van der Waals surface area contributed by atoms with Gasteiger partial charge in [-0.1, -0.05) is 13.8 Å². The number of amides is 1.